The van der Waals surface area contributed by atoms with Crippen LogP contribution in [0.5, 0.6) is 0 Å². The number of rotatable bonds is 5. The zero-order valence-corrected chi connectivity index (χ0v) is 21.3. The molecular formula is C28H24N8OS. The van der Waals surface area contributed by atoms with Gasteiger partial charge in [0.1, 0.15) is 11.2 Å². The molecule has 3 N–H and O–H groups in total. The van der Waals surface area contributed by atoms with Gasteiger partial charge in [-0.05, 0) is 47.4 Å². The van der Waals surface area contributed by atoms with Gasteiger partial charge in [-0.15, -0.1) is 0 Å². The first kappa shape index (κ1) is 22.7. The third kappa shape index (κ3) is 4.12. The molecule has 0 bridgehead atoms. The number of aromatic nitrogens is 7. The van der Waals surface area contributed by atoms with Crippen LogP contribution in [-0.4, -0.2) is 41.0 Å². The minimum absolute atomic E-state index is 0.0744. The van der Waals surface area contributed by atoms with E-state index in [0.29, 0.717) is 17.2 Å². The number of H-pyrrole nitrogens is 2. The maximum absolute atomic E-state index is 12.7. The van der Waals surface area contributed by atoms with Gasteiger partial charge in [0, 0.05) is 34.8 Å². The second-order valence-electron chi connectivity index (χ2n) is 9.65. The van der Waals surface area contributed by atoms with Crippen LogP contribution in [0.4, 0.5) is 5.69 Å². The van der Waals surface area contributed by atoms with Crippen molar-refractivity contribution in [3.63, 3.8) is 0 Å². The molecular weight excluding hydrogens is 496 g/mol. The normalized spacial score (nSPS) is 14.3. The van der Waals surface area contributed by atoms with E-state index in [1.807, 2.05) is 23.7 Å². The first-order valence-electron chi connectivity index (χ1n) is 12.7. The lowest BCUT2D eigenvalue weighted by atomic mass is 9.88. The second-order valence-corrected chi connectivity index (χ2v) is 10.4. The maximum atomic E-state index is 12.7. The zero-order valence-electron chi connectivity index (χ0n) is 20.4. The minimum Gasteiger partial charge on any atom is -0.335 e. The summed E-state index contributed by atoms with van der Waals surface area (Å²) >= 11 is 1.64. The first-order valence-corrected chi connectivity index (χ1v) is 13.6. The third-order valence-corrected chi connectivity index (χ3v) is 7.86. The van der Waals surface area contributed by atoms with E-state index in [1.165, 1.54) is 6.42 Å². The number of amides is 1. The zero-order chi connectivity index (χ0) is 25.5. The summed E-state index contributed by atoms with van der Waals surface area (Å²) < 4.78 is 0. The molecule has 0 saturated heterocycles. The van der Waals surface area contributed by atoms with Crippen LogP contribution in [0.25, 0.3) is 55.8 Å². The van der Waals surface area contributed by atoms with Gasteiger partial charge in [0.25, 0.3) is 0 Å². The number of carbonyl (C=O) groups excluding carboxylic acids is 1. The van der Waals surface area contributed by atoms with E-state index in [1.54, 1.807) is 36.1 Å². The number of pyridine rings is 3. The Bertz CT molecular complexity index is 1760. The Morgan fingerprint density at radius 3 is 2.74 bits per heavy atom. The van der Waals surface area contributed by atoms with Crippen molar-refractivity contribution in [1.29, 1.82) is 0 Å². The quantitative estimate of drug-likeness (QED) is 0.248. The van der Waals surface area contributed by atoms with Crippen molar-refractivity contribution in [3.8, 4) is 33.9 Å². The van der Waals surface area contributed by atoms with E-state index in [0.717, 1.165) is 70.0 Å². The van der Waals surface area contributed by atoms with Crippen LogP contribution in [0, 0.1) is 5.92 Å². The molecule has 0 unspecified atom stereocenters. The van der Waals surface area contributed by atoms with E-state index in [9.17, 15) is 4.79 Å². The van der Waals surface area contributed by atoms with Crippen molar-refractivity contribution in [2.45, 2.75) is 32.1 Å². The summed E-state index contributed by atoms with van der Waals surface area (Å²) in [5.74, 6) is 0.805. The Balaban J connectivity index is 1.23. The lowest BCUT2D eigenvalue weighted by Crippen LogP contribution is -2.24. The van der Waals surface area contributed by atoms with Gasteiger partial charge in [-0.1, -0.05) is 19.3 Å². The van der Waals surface area contributed by atoms with Crippen LogP contribution < -0.4 is 5.32 Å². The van der Waals surface area contributed by atoms with Crippen LogP contribution in [0.2, 0.25) is 0 Å². The van der Waals surface area contributed by atoms with Gasteiger partial charge in [-0.3, -0.25) is 24.8 Å². The molecule has 38 heavy (non-hydrogen) atoms. The third-order valence-electron chi connectivity index (χ3n) is 7.18. The molecule has 6 aromatic heterocycles. The molecule has 9 nitrogen and oxygen atoms in total. The van der Waals surface area contributed by atoms with Crippen LogP contribution in [0.3, 0.4) is 0 Å². The fourth-order valence-corrected chi connectivity index (χ4v) is 5.84. The highest BCUT2D eigenvalue weighted by molar-refractivity contribution is 7.08. The summed E-state index contributed by atoms with van der Waals surface area (Å²) in [7, 11) is 0. The van der Waals surface area contributed by atoms with Crippen molar-refractivity contribution in [3.05, 3.63) is 59.9 Å². The van der Waals surface area contributed by atoms with Gasteiger partial charge in [-0.25, -0.2) is 4.98 Å². The van der Waals surface area contributed by atoms with Crippen molar-refractivity contribution >= 4 is 44.9 Å². The molecule has 10 heteroatoms. The average molecular weight is 521 g/mol. The van der Waals surface area contributed by atoms with E-state index in [-0.39, 0.29) is 11.8 Å². The van der Waals surface area contributed by atoms with Crippen molar-refractivity contribution in [2.75, 3.05) is 5.32 Å². The van der Waals surface area contributed by atoms with Gasteiger partial charge < -0.3 is 10.3 Å². The van der Waals surface area contributed by atoms with Gasteiger partial charge in [0.15, 0.2) is 5.82 Å². The Kier molecular flexibility index (Phi) is 5.66. The number of nitrogens with zero attached hydrogens (tertiary/aromatic N) is 5. The molecule has 1 aliphatic rings. The molecule has 0 atom stereocenters. The minimum atomic E-state index is 0.0744. The summed E-state index contributed by atoms with van der Waals surface area (Å²) in [5.41, 5.74) is 7.49. The monoisotopic (exact) mass is 520 g/mol. The molecule has 0 spiro atoms. The number of hydrogen-bond acceptors (Lipinski definition) is 7. The van der Waals surface area contributed by atoms with Crippen LogP contribution in [-0.2, 0) is 4.79 Å². The van der Waals surface area contributed by atoms with Crippen molar-refractivity contribution < 1.29 is 4.79 Å². The Morgan fingerprint density at radius 1 is 0.974 bits per heavy atom. The molecule has 0 aromatic carbocycles. The molecule has 1 fully saturated rings. The Morgan fingerprint density at radius 2 is 1.87 bits per heavy atom. The molecule has 1 amide bonds. The summed E-state index contributed by atoms with van der Waals surface area (Å²) in [5, 5.41) is 15.7. The topological polar surface area (TPSA) is 125 Å². The number of imidazole rings is 1. The highest BCUT2D eigenvalue weighted by atomic mass is 32.1. The SMILES string of the molecule is O=C(Nc1cncc(-c2cc3c(-c4nc5c(-c6ccsc6)cncc5[nH]4)n[nH]c3cn2)c1)C1CCCCC1. The lowest BCUT2D eigenvalue weighted by Gasteiger charge is -2.20. The number of thiophene rings is 1. The average Bonchev–Trinajstić information content (AvgIpc) is 3.73. The summed E-state index contributed by atoms with van der Waals surface area (Å²) in [6.07, 6.45) is 14.2. The summed E-state index contributed by atoms with van der Waals surface area (Å²) in [6, 6.07) is 5.96. The lowest BCUT2D eigenvalue weighted by molar-refractivity contribution is -0.120. The number of nitrogens with one attached hydrogen (secondary N) is 3. The standard InChI is InChI=1S/C28H24N8OS/c37-28(16-4-2-1-3-5-16)32-19-8-18(10-29-11-19)22-9-20-23(14-31-22)35-36-26(20)27-33-24-13-30-12-21(25(24)34-27)17-6-7-38-15-17/h6-16H,1-5H2,(H,32,37)(H,33,34)(H,35,36). The smallest absolute Gasteiger partial charge is 0.227 e. The first-order chi connectivity index (χ1) is 18.7. The van der Waals surface area contributed by atoms with E-state index in [4.69, 9.17) is 4.98 Å². The molecule has 188 valence electrons. The highest BCUT2D eigenvalue weighted by Crippen LogP contribution is 2.33. The molecule has 0 aliphatic heterocycles. The van der Waals surface area contributed by atoms with E-state index >= 15 is 0 Å². The number of hydrogen-bond donors (Lipinski definition) is 3. The molecule has 1 saturated carbocycles. The largest absolute Gasteiger partial charge is 0.335 e. The number of anilines is 1. The van der Waals surface area contributed by atoms with Gasteiger partial charge >= 0.3 is 0 Å². The Labute approximate surface area is 221 Å². The number of aromatic amines is 2. The highest BCUT2D eigenvalue weighted by Gasteiger charge is 2.21. The fourth-order valence-electron chi connectivity index (χ4n) is 5.19. The molecule has 6 aromatic rings. The predicted molar refractivity (Wildman–Crippen MR) is 149 cm³/mol. The van der Waals surface area contributed by atoms with Crippen LogP contribution >= 0.6 is 11.3 Å². The fraction of sp³-hybridized carbons (Fsp3) is 0.214. The van der Waals surface area contributed by atoms with Crippen LogP contribution in [0.15, 0.2) is 59.9 Å². The van der Waals surface area contributed by atoms with Gasteiger partial charge in [0.05, 0.1) is 41.0 Å². The molecule has 7 rings (SSSR count). The Hall–Kier alpha value is -4.44. The van der Waals surface area contributed by atoms with Crippen molar-refractivity contribution in [1.82, 2.24) is 35.1 Å². The number of fused-ring (bicyclic) bond motifs is 2. The van der Waals surface area contributed by atoms with Crippen LogP contribution in [0.1, 0.15) is 32.1 Å². The van der Waals surface area contributed by atoms with Crippen molar-refractivity contribution in [2.24, 2.45) is 5.92 Å². The maximum Gasteiger partial charge on any atom is 0.227 e. The molecule has 6 heterocycles. The molecule has 0 radical (unpaired) electrons. The summed E-state index contributed by atoms with van der Waals surface area (Å²) in [6.45, 7) is 0. The predicted octanol–water partition coefficient (Wildman–Crippen LogP) is 6.21. The molecule has 1 aliphatic carbocycles. The number of carbonyl (C=O) groups is 1. The van der Waals surface area contributed by atoms with Gasteiger partial charge in [-0.2, -0.15) is 16.4 Å². The summed E-state index contributed by atoms with van der Waals surface area (Å²) in [4.78, 5) is 34.4. The second kappa shape index (κ2) is 9.46. The van der Waals surface area contributed by atoms with E-state index < -0.39 is 0 Å². The van der Waals surface area contributed by atoms with Gasteiger partial charge in [0.2, 0.25) is 5.91 Å². The van der Waals surface area contributed by atoms with E-state index in [2.05, 4.69) is 46.9 Å².